The number of nitrogens with zero attached hydrogens (tertiary/aromatic N) is 1. The number of nitrogens with two attached hydrogens (primary N) is 1. The molecule has 0 saturated heterocycles. The molecule has 0 aromatic carbocycles. The van der Waals surface area contributed by atoms with E-state index in [1.54, 1.807) is 6.26 Å². The van der Waals surface area contributed by atoms with Crippen LogP contribution in [0.25, 0.3) is 0 Å². The number of carboxylic acids is 1. The Morgan fingerprint density at radius 1 is 1.17 bits per heavy atom. The largest absolute Gasteiger partial charge is 0.480 e. The van der Waals surface area contributed by atoms with E-state index in [1.807, 2.05) is 0 Å². The fourth-order valence-corrected chi connectivity index (χ4v) is 2.78. The van der Waals surface area contributed by atoms with Crippen LogP contribution in [0, 0.1) is 0 Å². The Kier molecular flexibility index (Phi) is 10.7. The summed E-state index contributed by atoms with van der Waals surface area (Å²) in [6.45, 7) is -1.10. The second kappa shape index (κ2) is 12.7. The first kappa shape index (κ1) is 24.4. The molecule has 12 nitrogen and oxygen atoms in total. The second-order valence-corrected chi connectivity index (χ2v) is 7.02. The summed E-state index contributed by atoms with van der Waals surface area (Å²) in [5, 5.41) is 25.7. The van der Waals surface area contributed by atoms with Gasteiger partial charge in [0.25, 0.3) is 0 Å². The first-order valence-corrected chi connectivity index (χ1v) is 10.1. The number of hydrogen-bond donors (Lipinski definition) is 7. The van der Waals surface area contributed by atoms with Crippen molar-refractivity contribution in [3.63, 3.8) is 0 Å². The van der Waals surface area contributed by atoms with E-state index in [-0.39, 0.29) is 19.4 Å². The molecule has 3 unspecified atom stereocenters. The van der Waals surface area contributed by atoms with Crippen LogP contribution >= 0.6 is 11.8 Å². The Morgan fingerprint density at radius 2 is 1.83 bits per heavy atom. The van der Waals surface area contributed by atoms with Gasteiger partial charge in [0.15, 0.2) is 0 Å². The first-order valence-electron chi connectivity index (χ1n) is 8.72. The van der Waals surface area contributed by atoms with Crippen LogP contribution < -0.4 is 21.7 Å². The van der Waals surface area contributed by atoms with Crippen molar-refractivity contribution >= 4 is 35.5 Å². The molecule has 1 heterocycles. The van der Waals surface area contributed by atoms with Crippen molar-refractivity contribution in [3.05, 3.63) is 18.2 Å². The molecule has 0 saturated carbocycles. The van der Waals surface area contributed by atoms with Crippen LogP contribution in [0.15, 0.2) is 12.5 Å². The maximum atomic E-state index is 12.6. The molecule has 0 aliphatic rings. The van der Waals surface area contributed by atoms with Crippen molar-refractivity contribution in [3.8, 4) is 0 Å². The molecule has 0 aliphatic carbocycles. The van der Waals surface area contributed by atoms with Crippen molar-refractivity contribution in [2.45, 2.75) is 31.0 Å². The maximum absolute atomic E-state index is 12.6. The van der Waals surface area contributed by atoms with E-state index in [0.717, 1.165) is 0 Å². The highest BCUT2D eigenvalue weighted by Crippen LogP contribution is 2.03. The minimum Gasteiger partial charge on any atom is -0.480 e. The molecular weight excluding hydrogens is 404 g/mol. The van der Waals surface area contributed by atoms with E-state index in [2.05, 4.69) is 25.9 Å². The zero-order valence-corrected chi connectivity index (χ0v) is 16.7. The fraction of sp³-hybridized carbons (Fsp3) is 0.562. The number of aliphatic hydroxyl groups excluding tert-OH is 1. The van der Waals surface area contributed by atoms with Gasteiger partial charge in [-0.1, -0.05) is 0 Å². The Labute approximate surface area is 171 Å². The number of carbonyl (C=O) groups excluding carboxylic acids is 3. The van der Waals surface area contributed by atoms with Crippen molar-refractivity contribution < 1.29 is 29.4 Å². The quantitative estimate of drug-likeness (QED) is 0.173. The molecule has 13 heteroatoms. The SMILES string of the molecule is CSCCC(NC(=O)C(CO)NC(=O)C(Cc1cnc[nH]1)NC(=O)CN)C(=O)O. The van der Waals surface area contributed by atoms with Gasteiger partial charge in [0.1, 0.15) is 18.1 Å². The third-order valence-corrected chi connectivity index (χ3v) is 4.50. The van der Waals surface area contributed by atoms with Gasteiger partial charge in [-0.15, -0.1) is 0 Å². The zero-order chi connectivity index (χ0) is 21.8. The maximum Gasteiger partial charge on any atom is 0.326 e. The lowest BCUT2D eigenvalue weighted by Crippen LogP contribution is -2.57. The zero-order valence-electron chi connectivity index (χ0n) is 15.9. The van der Waals surface area contributed by atoms with Gasteiger partial charge >= 0.3 is 5.97 Å². The van der Waals surface area contributed by atoms with Crippen molar-refractivity contribution in [1.29, 1.82) is 0 Å². The summed E-state index contributed by atoms with van der Waals surface area (Å²) in [5.41, 5.74) is 5.82. The molecule has 29 heavy (non-hydrogen) atoms. The number of aliphatic carboxylic acids is 1. The Morgan fingerprint density at radius 3 is 2.34 bits per heavy atom. The number of nitrogens with one attached hydrogen (secondary N) is 4. The molecular formula is C16H26N6O6S. The highest BCUT2D eigenvalue weighted by molar-refractivity contribution is 7.98. The molecule has 8 N–H and O–H groups in total. The monoisotopic (exact) mass is 430 g/mol. The van der Waals surface area contributed by atoms with Crippen molar-refractivity contribution in [1.82, 2.24) is 25.9 Å². The number of rotatable bonds is 13. The summed E-state index contributed by atoms with van der Waals surface area (Å²) < 4.78 is 0. The molecule has 3 amide bonds. The number of thioether (sulfide) groups is 1. The minimum absolute atomic E-state index is 0.0445. The first-order chi connectivity index (χ1) is 13.8. The fourth-order valence-electron chi connectivity index (χ4n) is 2.31. The lowest BCUT2D eigenvalue weighted by Gasteiger charge is -2.23. The van der Waals surface area contributed by atoms with E-state index in [0.29, 0.717) is 11.4 Å². The number of aromatic amines is 1. The van der Waals surface area contributed by atoms with Crippen LogP contribution in [0.4, 0.5) is 0 Å². The number of carbonyl (C=O) groups is 4. The molecule has 0 bridgehead atoms. The van der Waals surface area contributed by atoms with Crippen LogP contribution in [0.3, 0.4) is 0 Å². The smallest absolute Gasteiger partial charge is 0.326 e. The third kappa shape index (κ3) is 8.50. The topological polar surface area (TPSA) is 200 Å². The summed E-state index contributed by atoms with van der Waals surface area (Å²) in [6, 6.07) is -3.63. The number of imidazole rings is 1. The Bertz CT molecular complexity index is 685. The van der Waals surface area contributed by atoms with Crippen LogP contribution in [0.1, 0.15) is 12.1 Å². The highest BCUT2D eigenvalue weighted by Gasteiger charge is 2.29. The Hall–Kier alpha value is -2.64. The van der Waals surface area contributed by atoms with Crippen LogP contribution in [-0.2, 0) is 25.6 Å². The molecule has 1 aromatic heterocycles. The van der Waals surface area contributed by atoms with Gasteiger partial charge in [-0.25, -0.2) is 9.78 Å². The normalized spacial score (nSPS) is 13.8. The molecule has 0 aliphatic heterocycles. The summed E-state index contributed by atoms with van der Waals surface area (Å²) in [5.74, 6) is -2.89. The van der Waals surface area contributed by atoms with Gasteiger partial charge in [-0.05, 0) is 18.4 Å². The predicted octanol–water partition coefficient (Wildman–Crippen LogP) is -2.80. The lowest BCUT2D eigenvalue weighted by molar-refractivity contribution is -0.142. The lowest BCUT2D eigenvalue weighted by atomic mass is 10.1. The molecule has 3 atom stereocenters. The predicted molar refractivity (Wildman–Crippen MR) is 105 cm³/mol. The van der Waals surface area contributed by atoms with E-state index in [9.17, 15) is 29.4 Å². The van der Waals surface area contributed by atoms with Crippen molar-refractivity contribution in [2.75, 3.05) is 25.2 Å². The molecule has 0 radical (unpaired) electrons. The standard InChI is InChI=1S/C16H26N6O6S/c1-29-3-2-10(16(27)28)21-15(26)12(7-23)22-14(25)11(20-13(24)5-17)4-9-6-18-8-19-9/h6,8,10-12,23H,2-5,7,17H2,1H3,(H,18,19)(H,20,24)(H,21,26)(H,22,25)(H,27,28). The summed E-state index contributed by atoms with van der Waals surface area (Å²) in [6.07, 6.45) is 4.90. The molecule has 0 spiro atoms. The van der Waals surface area contributed by atoms with Gasteiger partial charge in [0.2, 0.25) is 17.7 Å². The Balaban J connectivity index is 2.80. The van der Waals surface area contributed by atoms with Crippen LogP contribution in [0.2, 0.25) is 0 Å². The van der Waals surface area contributed by atoms with E-state index in [1.165, 1.54) is 24.3 Å². The number of H-pyrrole nitrogens is 1. The van der Waals surface area contributed by atoms with Gasteiger partial charge in [-0.2, -0.15) is 11.8 Å². The van der Waals surface area contributed by atoms with Gasteiger partial charge in [-0.3, -0.25) is 14.4 Å². The van der Waals surface area contributed by atoms with Gasteiger partial charge in [0.05, 0.1) is 19.5 Å². The highest BCUT2D eigenvalue weighted by atomic mass is 32.2. The second-order valence-electron chi connectivity index (χ2n) is 6.03. The third-order valence-electron chi connectivity index (χ3n) is 3.86. The number of carboxylic acid groups (broad SMARTS) is 1. The van der Waals surface area contributed by atoms with E-state index < -0.39 is 48.4 Å². The van der Waals surface area contributed by atoms with E-state index in [4.69, 9.17) is 5.73 Å². The minimum atomic E-state index is -1.39. The molecule has 1 aromatic rings. The van der Waals surface area contributed by atoms with E-state index >= 15 is 0 Å². The number of aromatic nitrogens is 2. The average Bonchev–Trinajstić information content (AvgIpc) is 3.21. The van der Waals surface area contributed by atoms with Gasteiger partial charge in [0, 0.05) is 18.3 Å². The summed E-state index contributed by atoms with van der Waals surface area (Å²) in [7, 11) is 0. The van der Waals surface area contributed by atoms with Crippen molar-refractivity contribution in [2.24, 2.45) is 5.73 Å². The summed E-state index contributed by atoms with van der Waals surface area (Å²) in [4.78, 5) is 54.4. The molecule has 162 valence electrons. The average molecular weight is 430 g/mol. The summed E-state index contributed by atoms with van der Waals surface area (Å²) >= 11 is 1.42. The van der Waals surface area contributed by atoms with Gasteiger partial charge < -0.3 is 36.9 Å². The number of aliphatic hydroxyl groups is 1. The molecule has 1 rings (SSSR count). The number of amides is 3. The van der Waals surface area contributed by atoms with Crippen LogP contribution in [0.5, 0.6) is 0 Å². The molecule has 0 fully saturated rings. The van der Waals surface area contributed by atoms with Crippen LogP contribution in [-0.4, -0.2) is 87.2 Å². The number of hydrogen-bond acceptors (Lipinski definition) is 8.